The highest BCUT2D eigenvalue weighted by atomic mass is 32.1. The highest BCUT2D eigenvalue weighted by Crippen LogP contribution is 2.32. The summed E-state index contributed by atoms with van der Waals surface area (Å²) in [5, 5.41) is 4.89. The van der Waals surface area contributed by atoms with Crippen molar-refractivity contribution in [3.8, 4) is 0 Å². The van der Waals surface area contributed by atoms with Crippen molar-refractivity contribution in [2.24, 2.45) is 0 Å². The lowest BCUT2D eigenvalue weighted by Crippen LogP contribution is -2.53. The Kier molecular flexibility index (Phi) is 3.68. The molecule has 0 bridgehead atoms. The van der Waals surface area contributed by atoms with E-state index < -0.39 is 0 Å². The molecular formula is C16H15FN4O2S. The van der Waals surface area contributed by atoms with Crippen LogP contribution in [0.2, 0.25) is 0 Å². The van der Waals surface area contributed by atoms with Crippen LogP contribution in [-0.2, 0) is 11.3 Å². The van der Waals surface area contributed by atoms with Gasteiger partial charge in [0.25, 0.3) is 0 Å². The number of aryl methyl sites for hydroxylation is 1. The molecule has 1 aliphatic heterocycles. The first-order valence-electron chi connectivity index (χ1n) is 7.68. The lowest BCUT2D eigenvalue weighted by molar-refractivity contribution is 0.0220. The summed E-state index contributed by atoms with van der Waals surface area (Å²) < 4.78 is 21.2. The first kappa shape index (κ1) is 15.1. The number of hydrogen-bond donors (Lipinski definition) is 0. The maximum Gasteiger partial charge on any atom is 0.356 e. The second-order valence-corrected chi connectivity index (χ2v) is 6.58. The molecule has 0 spiro atoms. The summed E-state index contributed by atoms with van der Waals surface area (Å²) in [5.74, 6) is -0.619. The largest absolute Gasteiger partial charge is 0.454 e. The van der Waals surface area contributed by atoms with E-state index in [-0.39, 0.29) is 17.9 Å². The van der Waals surface area contributed by atoms with Crippen molar-refractivity contribution < 1.29 is 13.9 Å². The number of rotatable bonds is 4. The van der Waals surface area contributed by atoms with Gasteiger partial charge < -0.3 is 9.64 Å². The van der Waals surface area contributed by atoms with Crippen molar-refractivity contribution in [1.82, 2.24) is 14.8 Å². The third-order valence-corrected chi connectivity index (χ3v) is 5.04. The van der Waals surface area contributed by atoms with Gasteiger partial charge in [0.1, 0.15) is 17.6 Å². The molecule has 2 aromatic heterocycles. The molecular weight excluding hydrogens is 331 g/mol. The molecule has 3 aromatic rings. The second-order valence-electron chi connectivity index (χ2n) is 5.57. The molecule has 4 rings (SSSR count). The quantitative estimate of drug-likeness (QED) is 0.680. The fourth-order valence-electron chi connectivity index (χ4n) is 2.66. The number of thiazole rings is 1. The Labute approximate surface area is 141 Å². The number of ether oxygens (including phenoxy) is 1. The van der Waals surface area contributed by atoms with Crippen LogP contribution in [0.25, 0.3) is 10.2 Å². The van der Waals surface area contributed by atoms with Crippen molar-refractivity contribution in [3.05, 3.63) is 42.0 Å². The standard InChI is InChI=1S/C16H15FN4O2S/c1-2-21-13(5-6-18-21)15(22)23-11-8-20(9-11)16-19-12-4-3-10(17)7-14(12)24-16/h3-7,11H,2,8-9H2,1H3. The summed E-state index contributed by atoms with van der Waals surface area (Å²) in [6.45, 7) is 3.73. The zero-order valence-electron chi connectivity index (χ0n) is 13.0. The molecule has 0 saturated carbocycles. The number of esters is 1. The molecule has 124 valence electrons. The van der Waals surface area contributed by atoms with Crippen LogP contribution < -0.4 is 4.90 Å². The molecule has 3 heterocycles. The summed E-state index contributed by atoms with van der Waals surface area (Å²) in [7, 11) is 0. The van der Waals surface area contributed by atoms with Crippen LogP contribution in [0.15, 0.2) is 30.5 Å². The van der Waals surface area contributed by atoms with Crippen molar-refractivity contribution >= 4 is 32.7 Å². The Bertz CT molecular complexity index is 901. The SMILES string of the molecule is CCn1nccc1C(=O)OC1CN(c2nc3ccc(F)cc3s2)C1. The van der Waals surface area contributed by atoms with Crippen LogP contribution in [0.4, 0.5) is 9.52 Å². The van der Waals surface area contributed by atoms with E-state index in [1.807, 2.05) is 11.8 Å². The van der Waals surface area contributed by atoms with Gasteiger partial charge >= 0.3 is 5.97 Å². The maximum atomic E-state index is 13.2. The van der Waals surface area contributed by atoms with Crippen LogP contribution in [0.3, 0.4) is 0 Å². The van der Waals surface area contributed by atoms with Gasteiger partial charge in [0.15, 0.2) is 5.13 Å². The summed E-state index contributed by atoms with van der Waals surface area (Å²) in [6, 6.07) is 6.22. The van der Waals surface area contributed by atoms with E-state index in [1.165, 1.54) is 23.5 Å². The number of hydrogen-bond acceptors (Lipinski definition) is 6. The Hall–Kier alpha value is -2.48. The van der Waals surface area contributed by atoms with Gasteiger partial charge in [0.05, 0.1) is 23.3 Å². The second kappa shape index (κ2) is 5.86. The number of nitrogens with zero attached hydrogens (tertiary/aromatic N) is 4. The van der Waals surface area contributed by atoms with Crippen LogP contribution in [0.1, 0.15) is 17.4 Å². The van der Waals surface area contributed by atoms with Gasteiger partial charge in [-0.15, -0.1) is 0 Å². The van der Waals surface area contributed by atoms with E-state index in [1.54, 1.807) is 23.0 Å². The van der Waals surface area contributed by atoms with Crippen LogP contribution >= 0.6 is 11.3 Å². The lowest BCUT2D eigenvalue weighted by Gasteiger charge is -2.38. The number of carbonyl (C=O) groups is 1. The third-order valence-electron chi connectivity index (χ3n) is 3.96. The molecule has 0 radical (unpaired) electrons. The zero-order chi connectivity index (χ0) is 16.7. The fourth-order valence-corrected chi connectivity index (χ4v) is 3.67. The Morgan fingerprint density at radius 3 is 3.04 bits per heavy atom. The predicted molar refractivity (Wildman–Crippen MR) is 88.9 cm³/mol. The first-order valence-corrected chi connectivity index (χ1v) is 8.49. The highest BCUT2D eigenvalue weighted by molar-refractivity contribution is 7.22. The van der Waals surface area contributed by atoms with E-state index in [0.29, 0.717) is 25.3 Å². The minimum atomic E-state index is -0.356. The van der Waals surface area contributed by atoms with Crippen molar-refractivity contribution in [3.63, 3.8) is 0 Å². The lowest BCUT2D eigenvalue weighted by atomic mass is 10.2. The highest BCUT2D eigenvalue weighted by Gasteiger charge is 2.33. The van der Waals surface area contributed by atoms with E-state index in [0.717, 1.165) is 15.3 Å². The van der Waals surface area contributed by atoms with Crippen molar-refractivity contribution in [1.29, 1.82) is 0 Å². The average molecular weight is 346 g/mol. The maximum absolute atomic E-state index is 13.2. The van der Waals surface area contributed by atoms with Gasteiger partial charge in [0, 0.05) is 12.7 Å². The molecule has 6 nitrogen and oxygen atoms in total. The van der Waals surface area contributed by atoms with Gasteiger partial charge in [0.2, 0.25) is 0 Å². The van der Waals surface area contributed by atoms with Gasteiger partial charge in [-0.1, -0.05) is 11.3 Å². The summed E-state index contributed by atoms with van der Waals surface area (Å²) in [5.41, 5.74) is 1.25. The number of fused-ring (bicyclic) bond motifs is 1. The minimum Gasteiger partial charge on any atom is -0.454 e. The van der Waals surface area contributed by atoms with Crippen molar-refractivity contribution in [2.75, 3.05) is 18.0 Å². The topological polar surface area (TPSA) is 60.3 Å². The molecule has 0 unspecified atom stereocenters. The van der Waals surface area contributed by atoms with Gasteiger partial charge in [-0.3, -0.25) is 4.68 Å². The van der Waals surface area contributed by atoms with Gasteiger partial charge in [-0.25, -0.2) is 14.2 Å². The number of aromatic nitrogens is 3. The fraction of sp³-hybridized carbons (Fsp3) is 0.312. The van der Waals surface area contributed by atoms with Crippen LogP contribution in [0.5, 0.6) is 0 Å². The average Bonchev–Trinajstić information content (AvgIpc) is 3.15. The molecule has 8 heteroatoms. The number of halogens is 1. The molecule has 1 aliphatic rings. The van der Waals surface area contributed by atoms with Crippen molar-refractivity contribution in [2.45, 2.75) is 19.6 Å². The number of benzene rings is 1. The van der Waals surface area contributed by atoms with E-state index in [2.05, 4.69) is 10.1 Å². The Balaban J connectivity index is 1.39. The molecule has 1 saturated heterocycles. The summed E-state index contributed by atoms with van der Waals surface area (Å²) in [6.07, 6.45) is 1.43. The summed E-state index contributed by atoms with van der Waals surface area (Å²) >= 11 is 1.44. The van der Waals surface area contributed by atoms with Gasteiger partial charge in [-0.2, -0.15) is 5.10 Å². The molecule has 0 atom stereocenters. The van der Waals surface area contributed by atoms with E-state index in [4.69, 9.17) is 4.74 Å². The van der Waals surface area contributed by atoms with Gasteiger partial charge in [-0.05, 0) is 31.2 Å². The van der Waals surface area contributed by atoms with E-state index in [9.17, 15) is 9.18 Å². The molecule has 0 N–H and O–H groups in total. The normalized spacial score (nSPS) is 14.8. The molecule has 1 aromatic carbocycles. The molecule has 0 amide bonds. The summed E-state index contributed by atoms with van der Waals surface area (Å²) in [4.78, 5) is 18.7. The smallest absolute Gasteiger partial charge is 0.356 e. The first-order chi connectivity index (χ1) is 11.6. The van der Waals surface area contributed by atoms with E-state index >= 15 is 0 Å². The van der Waals surface area contributed by atoms with Crippen LogP contribution in [-0.4, -0.2) is 39.9 Å². The zero-order valence-corrected chi connectivity index (χ0v) is 13.8. The number of anilines is 1. The molecule has 24 heavy (non-hydrogen) atoms. The monoisotopic (exact) mass is 346 g/mol. The minimum absolute atomic E-state index is 0.165. The Morgan fingerprint density at radius 1 is 1.42 bits per heavy atom. The third kappa shape index (κ3) is 2.62. The number of carbonyl (C=O) groups excluding carboxylic acids is 1. The van der Waals surface area contributed by atoms with Crippen LogP contribution in [0, 0.1) is 5.82 Å². The molecule has 0 aliphatic carbocycles. The predicted octanol–water partition coefficient (Wildman–Crippen LogP) is 2.70. The Morgan fingerprint density at radius 2 is 2.25 bits per heavy atom. The molecule has 1 fully saturated rings.